The molecule has 0 radical (unpaired) electrons. The summed E-state index contributed by atoms with van der Waals surface area (Å²) in [7, 11) is 2.98. The Kier molecular flexibility index (Phi) is 6.06. The quantitative estimate of drug-likeness (QED) is 0.578. The minimum absolute atomic E-state index is 0.300. The van der Waals surface area contributed by atoms with Gasteiger partial charge >= 0.3 is 0 Å². The first-order valence-corrected chi connectivity index (χ1v) is 8.95. The molecule has 0 aliphatic carbocycles. The molecule has 1 N–H and O–H groups in total. The minimum atomic E-state index is -0.310. The van der Waals surface area contributed by atoms with Gasteiger partial charge in [-0.05, 0) is 61.0 Å². The number of amides is 1. The van der Waals surface area contributed by atoms with E-state index in [1.165, 1.54) is 20.3 Å². The molecule has 3 rings (SSSR count). The number of carbonyl (C=O) groups excluding carboxylic acids is 1. The van der Waals surface area contributed by atoms with Crippen molar-refractivity contribution < 1.29 is 19.0 Å². The van der Waals surface area contributed by atoms with Crippen LogP contribution in [-0.2, 0) is 0 Å². The second kappa shape index (κ2) is 8.67. The van der Waals surface area contributed by atoms with Crippen LogP contribution < -0.4 is 19.5 Å². The SMILES string of the molecule is COc1cc(C(=O)Nc2ccc(Oc3cccc(C)c3)cc2)cc(Cl)c1OC. The standard InChI is InChI=1S/C22H20ClNO4/c1-14-5-4-6-18(11-14)28-17-9-7-16(8-10-17)24-22(25)15-12-19(23)21(27-3)20(13-15)26-2/h4-13H,1-3H3,(H,24,25). The highest BCUT2D eigenvalue weighted by Gasteiger charge is 2.15. The van der Waals surface area contributed by atoms with Crippen LogP contribution in [0.3, 0.4) is 0 Å². The van der Waals surface area contributed by atoms with Gasteiger partial charge in [0.15, 0.2) is 11.5 Å². The summed E-state index contributed by atoms with van der Waals surface area (Å²) in [6.07, 6.45) is 0. The smallest absolute Gasteiger partial charge is 0.255 e. The van der Waals surface area contributed by atoms with Crippen molar-refractivity contribution in [2.24, 2.45) is 0 Å². The van der Waals surface area contributed by atoms with Gasteiger partial charge < -0.3 is 19.5 Å². The Bertz CT molecular complexity index is 986. The number of nitrogens with one attached hydrogen (secondary N) is 1. The largest absolute Gasteiger partial charge is 0.493 e. The number of benzene rings is 3. The maximum Gasteiger partial charge on any atom is 0.255 e. The number of rotatable bonds is 6. The van der Waals surface area contributed by atoms with Crippen LogP contribution in [-0.4, -0.2) is 20.1 Å². The lowest BCUT2D eigenvalue weighted by Gasteiger charge is -2.12. The van der Waals surface area contributed by atoms with Gasteiger partial charge in [-0.1, -0.05) is 23.7 Å². The van der Waals surface area contributed by atoms with E-state index in [-0.39, 0.29) is 5.91 Å². The van der Waals surface area contributed by atoms with Crippen LogP contribution in [0.2, 0.25) is 5.02 Å². The van der Waals surface area contributed by atoms with Crippen molar-refractivity contribution in [1.82, 2.24) is 0 Å². The number of aryl methyl sites for hydroxylation is 1. The zero-order valence-corrected chi connectivity index (χ0v) is 16.5. The molecule has 0 saturated heterocycles. The normalized spacial score (nSPS) is 10.3. The Morgan fingerprint density at radius 2 is 1.68 bits per heavy atom. The molecule has 0 bridgehead atoms. The van der Waals surface area contributed by atoms with E-state index in [0.29, 0.717) is 33.5 Å². The zero-order chi connectivity index (χ0) is 20.1. The number of anilines is 1. The second-order valence-corrected chi connectivity index (χ2v) is 6.50. The molecule has 144 valence electrons. The summed E-state index contributed by atoms with van der Waals surface area (Å²) in [4.78, 5) is 12.6. The Morgan fingerprint density at radius 3 is 2.32 bits per heavy atom. The van der Waals surface area contributed by atoms with Crippen molar-refractivity contribution in [3.63, 3.8) is 0 Å². The van der Waals surface area contributed by atoms with Gasteiger partial charge in [-0.15, -0.1) is 0 Å². The summed E-state index contributed by atoms with van der Waals surface area (Å²) in [5, 5.41) is 3.12. The van der Waals surface area contributed by atoms with Crippen LogP contribution in [0.5, 0.6) is 23.0 Å². The molecule has 0 unspecified atom stereocenters. The van der Waals surface area contributed by atoms with Gasteiger partial charge in [0.05, 0.1) is 19.2 Å². The Hall–Kier alpha value is -3.18. The summed E-state index contributed by atoms with van der Waals surface area (Å²) in [5.74, 6) is 1.91. The lowest BCUT2D eigenvalue weighted by Crippen LogP contribution is -2.12. The van der Waals surface area contributed by atoms with Crippen LogP contribution in [0.1, 0.15) is 15.9 Å². The molecule has 1 amide bonds. The van der Waals surface area contributed by atoms with E-state index in [0.717, 1.165) is 11.3 Å². The van der Waals surface area contributed by atoms with Gasteiger partial charge in [-0.2, -0.15) is 0 Å². The van der Waals surface area contributed by atoms with Crippen LogP contribution in [0.4, 0.5) is 5.69 Å². The molecule has 3 aromatic carbocycles. The Labute approximate surface area is 168 Å². The molecule has 0 saturated carbocycles. The highest BCUT2D eigenvalue weighted by molar-refractivity contribution is 6.32. The average molecular weight is 398 g/mol. The van der Waals surface area contributed by atoms with Crippen molar-refractivity contribution >= 4 is 23.2 Å². The fourth-order valence-corrected chi connectivity index (χ4v) is 2.96. The molecule has 0 atom stereocenters. The number of halogens is 1. The van der Waals surface area contributed by atoms with Crippen molar-refractivity contribution in [2.45, 2.75) is 6.92 Å². The molecule has 28 heavy (non-hydrogen) atoms. The summed E-state index contributed by atoms with van der Waals surface area (Å²) < 4.78 is 16.2. The number of carbonyl (C=O) groups is 1. The number of methoxy groups -OCH3 is 2. The van der Waals surface area contributed by atoms with E-state index in [1.54, 1.807) is 30.3 Å². The summed E-state index contributed by atoms with van der Waals surface area (Å²) in [6.45, 7) is 2.01. The van der Waals surface area contributed by atoms with Crippen LogP contribution in [0.25, 0.3) is 0 Å². The summed E-state index contributed by atoms with van der Waals surface area (Å²) in [6, 6.07) is 18.0. The number of hydrogen-bond acceptors (Lipinski definition) is 4. The minimum Gasteiger partial charge on any atom is -0.493 e. The monoisotopic (exact) mass is 397 g/mol. The number of hydrogen-bond donors (Lipinski definition) is 1. The third kappa shape index (κ3) is 4.56. The summed E-state index contributed by atoms with van der Waals surface area (Å²) in [5.41, 5.74) is 2.12. The van der Waals surface area contributed by atoms with E-state index in [1.807, 2.05) is 31.2 Å². The third-order valence-electron chi connectivity index (χ3n) is 4.03. The van der Waals surface area contributed by atoms with Crippen LogP contribution >= 0.6 is 11.6 Å². The lowest BCUT2D eigenvalue weighted by atomic mass is 10.1. The van der Waals surface area contributed by atoms with Crippen LogP contribution in [0, 0.1) is 6.92 Å². The molecule has 0 spiro atoms. The van der Waals surface area contributed by atoms with Gasteiger partial charge in [0.1, 0.15) is 11.5 Å². The first-order valence-electron chi connectivity index (χ1n) is 8.57. The van der Waals surface area contributed by atoms with E-state index in [4.69, 9.17) is 25.8 Å². The average Bonchev–Trinajstić information content (AvgIpc) is 2.68. The fraction of sp³-hybridized carbons (Fsp3) is 0.136. The molecule has 0 aliphatic heterocycles. The predicted octanol–water partition coefficient (Wildman–Crippen LogP) is 5.71. The van der Waals surface area contributed by atoms with Crippen molar-refractivity contribution in [3.05, 3.63) is 76.8 Å². The Balaban J connectivity index is 1.72. The molecule has 0 aromatic heterocycles. The predicted molar refractivity (Wildman–Crippen MR) is 110 cm³/mol. The maximum absolute atomic E-state index is 12.6. The number of ether oxygens (including phenoxy) is 3. The third-order valence-corrected chi connectivity index (χ3v) is 4.31. The molecule has 6 heteroatoms. The van der Waals surface area contributed by atoms with Gasteiger partial charge in [0.2, 0.25) is 0 Å². The van der Waals surface area contributed by atoms with Crippen molar-refractivity contribution in [1.29, 1.82) is 0 Å². The van der Waals surface area contributed by atoms with Gasteiger partial charge in [-0.25, -0.2) is 0 Å². The molecule has 0 heterocycles. The van der Waals surface area contributed by atoms with E-state index < -0.39 is 0 Å². The molecule has 5 nitrogen and oxygen atoms in total. The molecule has 3 aromatic rings. The highest BCUT2D eigenvalue weighted by Crippen LogP contribution is 2.36. The zero-order valence-electron chi connectivity index (χ0n) is 15.8. The van der Waals surface area contributed by atoms with Gasteiger partial charge in [0, 0.05) is 11.3 Å². The topological polar surface area (TPSA) is 56.8 Å². The second-order valence-electron chi connectivity index (χ2n) is 6.09. The summed E-state index contributed by atoms with van der Waals surface area (Å²) >= 11 is 6.17. The fourth-order valence-electron chi connectivity index (χ4n) is 2.67. The van der Waals surface area contributed by atoms with Crippen LogP contribution in [0.15, 0.2) is 60.7 Å². The Morgan fingerprint density at radius 1 is 0.929 bits per heavy atom. The van der Waals surface area contributed by atoms with Gasteiger partial charge in [0.25, 0.3) is 5.91 Å². The van der Waals surface area contributed by atoms with E-state index >= 15 is 0 Å². The lowest BCUT2D eigenvalue weighted by molar-refractivity contribution is 0.102. The first-order chi connectivity index (χ1) is 13.5. The molecular weight excluding hydrogens is 378 g/mol. The van der Waals surface area contributed by atoms with E-state index in [9.17, 15) is 4.79 Å². The van der Waals surface area contributed by atoms with Crippen molar-refractivity contribution in [3.8, 4) is 23.0 Å². The molecule has 0 fully saturated rings. The van der Waals surface area contributed by atoms with E-state index in [2.05, 4.69) is 5.32 Å². The van der Waals surface area contributed by atoms with Gasteiger partial charge in [-0.3, -0.25) is 4.79 Å². The van der Waals surface area contributed by atoms with Crippen molar-refractivity contribution in [2.75, 3.05) is 19.5 Å². The molecular formula is C22H20ClNO4. The molecule has 0 aliphatic rings. The first kappa shape index (κ1) is 19.6. The highest BCUT2D eigenvalue weighted by atomic mass is 35.5. The maximum atomic E-state index is 12.6.